The van der Waals surface area contributed by atoms with Crippen LogP contribution in [0.1, 0.15) is 5.56 Å². The van der Waals surface area contributed by atoms with Crippen LogP contribution in [0.25, 0.3) is 0 Å². The van der Waals surface area contributed by atoms with E-state index in [9.17, 15) is 13.6 Å². The molecule has 0 unspecified atom stereocenters. The van der Waals surface area contributed by atoms with E-state index in [1.54, 1.807) is 35.2 Å². The summed E-state index contributed by atoms with van der Waals surface area (Å²) in [6, 6.07) is 13.2. The largest absolute Gasteiger partial charge is 0.366 e. The van der Waals surface area contributed by atoms with Crippen molar-refractivity contribution < 1.29 is 13.6 Å². The molecule has 3 rings (SSSR count). The average molecular weight is 345 g/mol. The lowest BCUT2D eigenvalue weighted by atomic mass is 10.2. The van der Waals surface area contributed by atoms with Crippen molar-refractivity contribution in [2.24, 2.45) is 0 Å². The summed E-state index contributed by atoms with van der Waals surface area (Å²) in [5.74, 6) is -0.542. The molecular formula is C19H21F2N3O. The molecule has 1 saturated heterocycles. The predicted octanol–water partition coefficient (Wildman–Crippen LogP) is 2.40. The molecular weight excluding hydrogens is 324 g/mol. The minimum atomic E-state index is -0.277. The number of hydrogen-bond acceptors (Lipinski definition) is 3. The summed E-state index contributed by atoms with van der Waals surface area (Å²) in [4.78, 5) is 16.0. The fourth-order valence-electron chi connectivity index (χ4n) is 2.96. The zero-order chi connectivity index (χ0) is 17.6. The molecule has 0 atom stereocenters. The van der Waals surface area contributed by atoms with Crippen molar-refractivity contribution in [3.63, 3.8) is 0 Å². The number of hydrogen-bond donors (Lipinski definition) is 1. The third-order valence-electron chi connectivity index (χ3n) is 4.38. The SMILES string of the molecule is O=C(CNCc1ccccc1F)N1CCN(c2ccccc2F)CC1. The third-order valence-corrected chi connectivity index (χ3v) is 4.38. The number of carbonyl (C=O) groups excluding carboxylic acids is 1. The molecule has 1 aliphatic rings. The summed E-state index contributed by atoms with van der Waals surface area (Å²) in [5.41, 5.74) is 1.12. The zero-order valence-corrected chi connectivity index (χ0v) is 13.9. The molecule has 132 valence electrons. The molecule has 1 amide bonds. The lowest BCUT2D eigenvalue weighted by Crippen LogP contribution is -2.51. The molecule has 1 aliphatic heterocycles. The van der Waals surface area contributed by atoms with Crippen LogP contribution in [-0.2, 0) is 11.3 Å². The minimum absolute atomic E-state index is 0.0236. The highest BCUT2D eigenvalue weighted by Crippen LogP contribution is 2.20. The van der Waals surface area contributed by atoms with Gasteiger partial charge in [-0.1, -0.05) is 30.3 Å². The highest BCUT2D eigenvalue weighted by atomic mass is 19.1. The molecule has 0 bridgehead atoms. The van der Waals surface area contributed by atoms with E-state index in [1.807, 2.05) is 11.0 Å². The summed E-state index contributed by atoms with van der Waals surface area (Å²) < 4.78 is 27.4. The minimum Gasteiger partial charge on any atom is -0.366 e. The Kier molecular flexibility index (Phi) is 5.60. The lowest BCUT2D eigenvalue weighted by Gasteiger charge is -2.36. The molecule has 4 nitrogen and oxygen atoms in total. The molecule has 6 heteroatoms. The van der Waals surface area contributed by atoms with E-state index in [-0.39, 0.29) is 24.1 Å². The maximum Gasteiger partial charge on any atom is 0.236 e. The summed E-state index contributed by atoms with van der Waals surface area (Å²) in [6.45, 7) is 2.77. The van der Waals surface area contributed by atoms with Crippen LogP contribution in [0.15, 0.2) is 48.5 Å². The Labute approximate surface area is 146 Å². The summed E-state index contributed by atoms with van der Waals surface area (Å²) >= 11 is 0. The lowest BCUT2D eigenvalue weighted by molar-refractivity contribution is -0.130. The van der Waals surface area contributed by atoms with Crippen LogP contribution in [0.4, 0.5) is 14.5 Å². The third kappa shape index (κ3) is 4.33. The first-order valence-corrected chi connectivity index (χ1v) is 8.36. The highest BCUT2D eigenvalue weighted by molar-refractivity contribution is 5.78. The second kappa shape index (κ2) is 8.07. The molecule has 0 aromatic heterocycles. The normalized spacial score (nSPS) is 14.6. The van der Waals surface area contributed by atoms with Gasteiger partial charge in [-0.3, -0.25) is 4.79 Å². The first-order valence-electron chi connectivity index (χ1n) is 8.36. The second-order valence-corrected chi connectivity index (χ2v) is 6.01. The topological polar surface area (TPSA) is 35.6 Å². The fraction of sp³-hybridized carbons (Fsp3) is 0.316. The van der Waals surface area contributed by atoms with E-state index in [1.165, 1.54) is 12.1 Å². The Morgan fingerprint density at radius 3 is 2.24 bits per heavy atom. The van der Waals surface area contributed by atoms with Crippen LogP contribution in [0.3, 0.4) is 0 Å². The fourth-order valence-corrected chi connectivity index (χ4v) is 2.96. The van der Waals surface area contributed by atoms with Crippen LogP contribution in [-0.4, -0.2) is 43.5 Å². The molecule has 0 radical (unpaired) electrons. The van der Waals surface area contributed by atoms with Crippen LogP contribution in [0, 0.1) is 11.6 Å². The van der Waals surface area contributed by atoms with Gasteiger partial charge in [0.25, 0.3) is 0 Å². The van der Waals surface area contributed by atoms with Gasteiger partial charge in [0.2, 0.25) is 5.91 Å². The number of nitrogens with one attached hydrogen (secondary N) is 1. The molecule has 0 aliphatic carbocycles. The van der Waals surface area contributed by atoms with Gasteiger partial charge in [-0.25, -0.2) is 8.78 Å². The van der Waals surface area contributed by atoms with Crippen LogP contribution in [0.2, 0.25) is 0 Å². The Morgan fingerprint density at radius 1 is 0.920 bits per heavy atom. The quantitative estimate of drug-likeness (QED) is 0.904. The Bertz CT molecular complexity index is 730. The molecule has 0 spiro atoms. The number of halogens is 2. The number of piperazine rings is 1. The van der Waals surface area contributed by atoms with E-state index >= 15 is 0 Å². The average Bonchev–Trinajstić information content (AvgIpc) is 2.64. The van der Waals surface area contributed by atoms with Crippen LogP contribution in [0.5, 0.6) is 0 Å². The van der Waals surface area contributed by atoms with Crippen molar-refractivity contribution in [2.45, 2.75) is 6.54 Å². The van der Waals surface area contributed by atoms with Crippen molar-refractivity contribution in [1.82, 2.24) is 10.2 Å². The first-order chi connectivity index (χ1) is 12.1. The number of benzene rings is 2. The van der Waals surface area contributed by atoms with Crippen molar-refractivity contribution in [2.75, 3.05) is 37.6 Å². The number of rotatable bonds is 5. The number of carbonyl (C=O) groups is 1. The zero-order valence-electron chi connectivity index (χ0n) is 13.9. The summed E-state index contributed by atoms with van der Waals surface area (Å²) in [7, 11) is 0. The number of amides is 1. The maximum atomic E-state index is 13.8. The van der Waals surface area contributed by atoms with Gasteiger partial charge in [-0.05, 0) is 18.2 Å². The summed E-state index contributed by atoms with van der Waals surface area (Å²) in [5, 5.41) is 2.99. The van der Waals surface area contributed by atoms with Gasteiger partial charge >= 0.3 is 0 Å². The van der Waals surface area contributed by atoms with Gasteiger partial charge in [0.05, 0.1) is 12.2 Å². The van der Waals surface area contributed by atoms with Gasteiger partial charge in [-0.15, -0.1) is 0 Å². The van der Waals surface area contributed by atoms with Crippen molar-refractivity contribution >= 4 is 11.6 Å². The maximum absolute atomic E-state index is 13.8. The molecule has 0 saturated carbocycles. The Hall–Kier alpha value is -2.47. The van der Waals surface area contributed by atoms with Gasteiger partial charge in [0.1, 0.15) is 11.6 Å². The monoisotopic (exact) mass is 345 g/mol. The van der Waals surface area contributed by atoms with E-state index in [0.29, 0.717) is 44.0 Å². The van der Waals surface area contributed by atoms with Crippen LogP contribution >= 0.6 is 0 Å². The van der Waals surface area contributed by atoms with E-state index in [0.717, 1.165) is 0 Å². The highest BCUT2D eigenvalue weighted by Gasteiger charge is 2.22. The van der Waals surface area contributed by atoms with Gasteiger partial charge < -0.3 is 15.1 Å². The van der Waals surface area contributed by atoms with Gasteiger partial charge in [0, 0.05) is 38.3 Å². The van der Waals surface area contributed by atoms with E-state index in [4.69, 9.17) is 0 Å². The second-order valence-electron chi connectivity index (χ2n) is 6.01. The number of anilines is 1. The van der Waals surface area contributed by atoms with Crippen LogP contribution < -0.4 is 10.2 Å². The molecule has 2 aromatic rings. The molecule has 1 heterocycles. The van der Waals surface area contributed by atoms with E-state index in [2.05, 4.69) is 5.32 Å². The van der Waals surface area contributed by atoms with Crippen molar-refractivity contribution in [1.29, 1.82) is 0 Å². The Balaban J connectivity index is 1.46. The summed E-state index contributed by atoms with van der Waals surface area (Å²) in [6.07, 6.45) is 0. The van der Waals surface area contributed by atoms with Crippen molar-refractivity contribution in [3.05, 3.63) is 65.7 Å². The predicted molar refractivity (Wildman–Crippen MR) is 93.3 cm³/mol. The van der Waals surface area contributed by atoms with Gasteiger partial charge in [0.15, 0.2) is 0 Å². The molecule has 1 N–H and O–H groups in total. The smallest absolute Gasteiger partial charge is 0.236 e. The molecule has 2 aromatic carbocycles. The standard InChI is InChI=1S/C19H21F2N3O/c20-16-6-2-1-5-15(16)13-22-14-19(25)24-11-9-23(10-12-24)18-8-4-3-7-17(18)21/h1-8,22H,9-14H2. The number of para-hydroxylation sites is 1. The first kappa shape index (κ1) is 17.4. The molecule has 1 fully saturated rings. The number of nitrogens with zero attached hydrogens (tertiary/aromatic N) is 2. The van der Waals surface area contributed by atoms with Crippen molar-refractivity contribution in [3.8, 4) is 0 Å². The molecule has 25 heavy (non-hydrogen) atoms. The Morgan fingerprint density at radius 2 is 1.56 bits per heavy atom. The van der Waals surface area contributed by atoms with Gasteiger partial charge in [-0.2, -0.15) is 0 Å². The van der Waals surface area contributed by atoms with E-state index < -0.39 is 0 Å².